The molecule has 0 radical (unpaired) electrons. The summed E-state index contributed by atoms with van der Waals surface area (Å²) in [6.07, 6.45) is 0.0569. The van der Waals surface area contributed by atoms with E-state index in [0.717, 1.165) is 5.56 Å². The lowest BCUT2D eigenvalue weighted by molar-refractivity contribution is 0.0501. The predicted octanol–water partition coefficient (Wildman–Crippen LogP) is 3.07. The molecule has 22 heavy (non-hydrogen) atoms. The Morgan fingerprint density at radius 1 is 1.36 bits per heavy atom. The maximum absolute atomic E-state index is 12.0. The molecule has 2 rings (SSSR count). The molecule has 6 heteroatoms. The van der Waals surface area contributed by atoms with Crippen molar-refractivity contribution < 1.29 is 14.1 Å². The van der Waals surface area contributed by atoms with Crippen LogP contribution in [0.1, 0.15) is 38.1 Å². The van der Waals surface area contributed by atoms with Crippen molar-refractivity contribution in [2.45, 2.75) is 38.8 Å². The molecule has 0 bridgehead atoms. The van der Waals surface area contributed by atoms with E-state index in [1.165, 1.54) is 0 Å². The molecule has 1 amide bonds. The van der Waals surface area contributed by atoms with Gasteiger partial charge in [0.1, 0.15) is 11.3 Å². The van der Waals surface area contributed by atoms with E-state index in [0.29, 0.717) is 12.1 Å². The van der Waals surface area contributed by atoms with Crippen LogP contribution in [0.25, 0.3) is 0 Å². The maximum atomic E-state index is 12.0. The fraction of sp³-hybridized carbons (Fsp3) is 0.375. The van der Waals surface area contributed by atoms with Gasteiger partial charge in [0.25, 0.3) is 0 Å². The van der Waals surface area contributed by atoms with E-state index in [1.54, 1.807) is 6.07 Å². The Morgan fingerprint density at radius 3 is 2.59 bits per heavy atom. The standard InChI is InChI=1S/C16H21N3O3/c1-16(2,3)21-15(20)18-12(13-10-14(17)22-19-13)9-11-7-5-4-6-8-11/h4-8,10,12H,9,17H2,1-3H3,(H,18,20)/t12-/m0/s1. The minimum Gasteiger partial charge on any atom is -0.444 e. The number of amides is 1. The first kappa shape index (κ1) is 15.9. The fourth-order valence-corrected chi connectivity index (χ4v) is 2.00. The van der Waals surface area contributed by atoms with Crippen molar-refractivity contribution in [1.82, 2.24) is 10.5 Å². The van der Waals surface area contributed by atoms with E-state index in [1.807, 2.05) is 51.1 Å². The first-order valence-electron chi connectivity index (χ1n) is 7.09. The Kier molecular flexibility index (Phi) is 4.70. The molecule has 6 nitrogen and oxygen atoms in total. The van der Waals surface area contributed by atoms with Crippen molar-refractivity contribution in [2.24, 2.45) is 0 Å². The number of benzene rings is 1. The summed E-state index contributed by atoms with van der Waals surface area (Å²) in [5.74, 6) is 0.207. The minimum atomic E-state index is -0.565. The summed E-state index contributed by atoms with van der Waals surface area (Å²) < 4.78 is 10.2. The Bertz CT molecular complexity index is 617. The molecule has 0 aliphatic heterocycles. The molecule has 3 N–H and O–H groups in total. The number of nitrogens with zero attached hydrogens (tertiary/aromatic N) is 1. The van der Waals surface area contributed by atoms with Crippen LogP contribution in [0.5, 0.6) is 0 Å². The van der Waals surface area contributed by atoms with Crippen LogP contribution < -0.4 is 11.1 Å². The molecule has 1 atom stereocenters. The summed E-state index contributed by atoms with van der Waals surface area (Å²) >= 11 is 0. The largest absolute Gasteiger partial charge is 0.444 e. The number of rotatable bonds is 4. The molecule has 0 unspecified atom stereocenters. The van der Waals surface area contributed by atoms with Crippen LogP contribution in [0, 0.1) is 0 Å². The number of nitrogens with two attached hydrogens (primary N) is 1. The average molecular weight is 303 g/mol. The van der Waals surface area contributed by atoms with Gasteiger partial charge in [0.05, 0.1) is 6.04 Å². The van der Waals surface area contributed by atoms with Gasteiger partial charge in [0.15, 0.2) is 0 Å². The highest BCUT2D eigenvalue weighted by Crippen LogP contribution is 2.20. The molecule has 0 saturated heterocycles. The van der Waals surface area contributed by atoms with Crippen LogP contribution in [-0.4, -0.2) is 16.9 Å². The average Bonchev–Trinajstić information content (AvgIpc) is 2.84. The number of aromatic nitrogens is 1. The topological polar surface area (TPSA) is 90.4 Å². The van der Waals surface area contributed by atoms with E-state index in [-0.39, 0.29) is 11.9 Å². The quantitative estimate of drug-likeness (QED) is 0.906. The second-order valence-corrected chi connectivity index (χ2v) is 6.04. The summed E-state index contributed by atoms with van der Waals surface area (Å²) in [4.78, 5) is 12.0. The zero-order valence-electron chi connectivity index (χ0n) is 13.0. The van der Waals surface area contributed by atoms with E-state index < -0.39 is 11.7 Å². The molecule has 1 aromatic carbocycles. The molecule has 1 heterocycles. The van der Waals surface area contributed by atoms with Gasteiger partial charge < -0.3 is 20.3 Å². The normalized spacial score (nSPS) is 12.7. The summed E-state index contributed by atoms with van der Waals surface area (Å²) in [6, 6.07) is 11.0. The predicted molar refractivity (Wildman–Crippen MR) is 83.2 cm³/mol. The number of nitrogens with one attached hydrogen (secondary N) is 1. The highest BCUT2D eigenvalue weighted by Gasteiger charge is 2.23. The number of carbonyl (C=O) groups is 1. The van der Waals surface area contributed by atoms with Crippen LogP contribution in [0.4, 0.5) is 10.7 Å². The van der Waals surface area contributed by atoms with Crippen LogP contribution in [0.15, 0.2) is 40.9 Å². The van der Waals surface area contributed by atoms with Crippen molar-refractivity contribution in [3.63, 3.8) is 0 Å². The summed E-state index contributed by atoms with van der Waals surface area (Å²) in [7, 11) is 0. The second kappa shape index (κ2) is 6.51. The van der Waals surface area contributed by atoms with Crippen molar-refractivity contribution in [3.8, 4) is 0 Å². The van der Waals surface area contributed by atoms with Gasteiger partial charge in [-0.25, -0.2) is 4.79 Å². The molecule has 0 aliphatic rings. The lowest BCUT2D eigenvalue weighted by atomic mass is 10.0. The molecular formula is C16H21N3O3. The van der Waals surface area contributed by atoms with Gasteiger partial charge in [-0.2, -0.15) is 0 Å². The maximum Gasteiger partial charge on any atom is 0.408 e. The summed E-state index contributed by atoms with van der Waals surface area (Å²) in [5.41, 5.74) is 6.63. The Labute approximate surface area is 129 Å². The number of hydrogen-bond acceptors (Lipinski definition) is 5. The van der Waals surface area contributed by atoms with Crippen molar-refractivity contribution in [1.29, 1.82) is 0 Å². The number of nitrogen functional groups attached to an aromatic ring is 1. The Balaban J connectivity index is 2.13. The van der Waals surface area contributed by atoms with Crippen molar-refractivity contribution in [2.75, 3.05) is 5.73 Å². The van der Waals surface area contributed by atoms with E-state index in [2.05, 4.69) is 10.5 Å². The molecular weight excluding hydrogens is 282 g/mol. The van der Waals surface area contributed by atoms with Gasteiger partial charge in [-0.1, -0.05) is 35.5 Å². The lowest BCUT2D eigenvalue weighted by Gasteiger charge is -2.22. The van der Waals surface area contributed by atoms with Crippen LogP contribution in [-0.2, 0) is 11.2 Å². The fourth-order valence-electron chi connectivity index (χ4n) is 2.00. The third kappa shape index (κ3) is 4.80. The molecule has 0 spiro atoms. The van der Waals surface area contributed by atoms with E-state index >= 15 is 0 Å². The Hall–Kier alpha value is -2.50. The molecule has 0 fully saturated rings. The molecule has 118 valence electrons. The summed E-state index contributed by atoms with van der Waals surface area (Å²) in [6.45, 7) is 5.44. The monoisotopic (exact) mass is 303 g/mol. The van der Waals surface area contributed by atoms with Gasteiger partial charge in [-0.3, -0.25) is 0 Å². The third-order valence-electron chi connectivity index (χ3n) is 2.88. The van der Waals surface area contributed by atoms with Crippen LogP contribution in [0.2, 0.25) is 0 Å². The lowest BCUT2D eigenvalue weighted by Crippen LogP contribution is -2.35. The Morgan fingerprint density at radius 2 is 2.05 bits per heavy atom. The van der Waals surface area contributed by atoms with Crippen molar-refractivity contribution in [3.05, 3.63) is 47.7 Å². The third-order valence-corrected chi connectivity index (χ3v) is 2.88. The number of alkyl carbamates (subject to hydrolysis) is 1. The highest BCUT2D eigenvalue weighted by atomic mass is 16.6. The molecule has 1 aromatic heterocycles. The van der Waals surface area contributed by atoms with Gasteiger partial charge in [-0.05, 0) is 32.8 Å². The zero-order chi connectivity index (χ0) is 16.2. The van der Waals surface area contributed by atoms with Crippen LogP contribution >= 0.6 is 0 Å². The summed E-state index contributed by atoms with van der Waals surface area (Å²) in [5, 5.41) is 6.70. The van der Waals surface area contributed by atoms with Gasteiger partial charge >= 0.3 is 6.09 Å². The first-order chi connectivity index (χ1) is 10.3. The van der Waals surface area contributed by atoms with Gasteiger partial charge in [0.2, 0.25) is 5.88 Å². The zero-order valence-corrected chi connectivity index (χ0v) is 13.0. The SMILES string of the molecule is CC(C)(C)OC(=O)N[C@@H](Cc1ccccc1)c1cc(N)on1. The second-order valence-electron chi connectivity index (χ2n) is 6.04. The molecule has 2 aromatic rings. The molecule has 0 saturated carbocycles. The minimum absolute atomic E-state index is 0.207. The van der Waals surface area contributed by atoms with Gasteiger partial charge in [0, 0.05) is 6.07 Å². The van der Waals surface area contributed by atoms with E-state index in [4.69, 9.17) is 15.0 Å². The highest BCUT2D eigenvalue weighted by molar-refractivity contribution is 5.68. The van der Waals surface area contributed by atoms with Crippen LogP contribution in [0.3, 0.4) is 0 Å². The smallest absolute Gasteiger partial charge is 0.408 e. The first-order valence-corrected chi connectivity index (χ1v) is 7.09. The molecule has 0 aliphatic carbocycles. The van der Waals surface area contributed by atoms with Gasteiger partial charge in [-0.15, -0.1) is 0 Å². The van der Waals surface area contributed by atoms with Crippen molar-refractivity contribution >= 4 is 12.0 Å². The number of hydrogen-bond donors (Lipinski definition) is 2. The number of anilines is 1. The number of ether oxygens (including phenoxy) is 1. The van der Waals surface area contributed by atoms with E-state index in [9.17, 15) is 4.79 Å². The number of carbonyl (C=O) groups excluding carboxylic acids is 1.